The van der Waals surface area contributed by atoms with Gasteiger partial charge in [-0.2, -0.15) is 0 Å². The van der Waals surface area contributed by atoms with Gasteiger partial charge in [-0.25, -0.2) is 0 Å². The number of halogens is 1. The van der Waals surface area contributed by atoms with E-state index in [0.717, 1.165) is 5.56 Å². The van der Waals surface area contributed by atoms with Crippen LogP contribution in [0, 0.1) is 5.41 Å². The Kier molecular flexibility index (Phi) is 5.42. The lowest BCUT2D eigenvalue weighted by molar-refractivity contribution is -0.134. The topological polar surface area (TPSA) is 55.6 Å². The van der Waals surface area contributed by atoms with Crippen molar-refractivity contribution in [2.45, 2.75) is 33.4 Å². The van der Waals surface area contributed by atoms with Gasteiger partial charge in [0.25, 0.3) is 0 Å². The average molecular weight is 299 g/mol. The Bertz CT molecular complexity index is 483. The van der Waals surface area contributed by atoms with Crippen molar-refractivity contribution < 1.29 is 9.53 Å². The third kappa shape index (κ3) is 4.12. The van der Waals surface area contributed by atoms with Crippen LogP contribution in [-0.4, -0.2) is 31.0 Å². The molecule has 112 valence electrons. The van der Waals surface area contributed by atoms with Crippen molar-refractivity contribution in [3.05, 3.63) is 28.8 Å². The van der Waals surface area contributed by atoms with E-state index in [9.17, 15) is 4.79 Å². The molecule has 0 heterocycles. The van der Waals surface area contributed by atoms with Gasteiger partial charge in [0, 0.05) is 24.2 Å². The minimum absolute atomic E-state index is 0.0977. The highest BCUT2D eigenvalue weighted by atomic mass is 35.5. The minimum Gasteiger partial charge on any atom is -0.496 e. The van der Waals surface area contributed by atoms with Crippen LogP contribution >= 0.6 is 11.6 Å². The third-order valence-electron chi connectivity index (χ3n) is 3.23. The van der Waals surface area contributed by atoms with Gasteiger partial charge in [-0.3, -0.25) is 4.79 Å². The molecule has 2 N–H and O–H groups in total. The number of hydrogen-bond donors (Lipinski definition) is 1. The fourth-order valence-electron chi connectivity index (χ4n) is 1.81. The van der Waals surface area contributed by atoms with E-state index in [4.69, 9.17) is 22.1 Å². The molecule has 1 atom stereocenters. The first-order valence-electron chi connectivity index (χ1n) is 6.49. The summed E-state index contributed by atoms with van der Waals surface area (Å²) in [5, 5.41) is 0.613. The van der Waals surface area contributed by atoms with Crippen LogP contribution in [-0.2, 0) is 11.3 Å². The van der Waals surface area contributed by atoms with Crippen LogP contribution in [0.4, 0.5) is 0 Å². The summed E-state index contributed by atoms with van der Waals surface area (Å²) in [6.07, 6.45) is 0. The van der Waals surface area contributed by atoms with E-state index in [0.29, 0.717) is 17.3 Å². The monoisotopic (exact) mass is 298 g/mol. The van der Waals surface area contributed by atoms with Crippen molar-refractivity contribution in [1.29, 1.82) is 0 Å². The van der Waals surface area contributed by atoms with Gasteiger partial charge in [-0.15, -0.1) is 0 Å². The number of hydrogen-bond acceptors (Lipinski definition) is 3. The maximum Gasteiger partial charge on any atom is 0.240 e. The van der Waals surface area contributed by atoms with Gasteiger partial charge in [0.2, 0.25) is 5.91 Å². The summed E-state index contributed by atoms with van der Waals surface area (Å²) in [6, 6.07) is 4.80. The molecular weight excluding hydrogens is 276 g/mol. The van der Waals surface area contributed by atoms with E-state index >= 15 is 0 Å². The van der Waals surface area contributed by atoms with E-state index in [1.165, 1.54) is 0 Å². The summed E-state index contributed by atoms with van der Waals surface area (Å²) in [5.74, 6) is 0.609. The van der Waals surface area contributed by atoms with Crippen LogP contribution in [0.5, 0.6) is 5.75 Å². The molecule has 0 aliphatic carbocycles. The Hall–Kier alpha value is -1.26. The molecule has 20 heavy (non-hydrogen) atoms. The predicted octanol–water partition coefficient (Wildman–Crippen LogP) is 2.68. The molecule has 0 aliphatic rings. The van der Waals surface area contributed by atoms with Crippen molar-refractivity contribution in [2.24, 2.45) is 11.1 Å². The molecule has 0 saturated heterocycles. The van der Waals surface area contributed by atoms with Crippen molar-refractivity contribution in [3.8, 4) is 5.75 Å². The Morgan fingerprint density at radius 2 is 2.05 bits per heavy atom. The average Bonchev–Trinajstić information content (AvgIpc) is 2.36. The first-order chi connectivity index (χ1) is 9.16. The Morgan fingerprint density at radius 3 is 2.55 bits per heavy atom. The predicted molar refractivity (Wildman–Crippen MR) is 81.9 cm³/mol. The number of rotatable bonds is 4. The molecule has 1 aromatic rings. The molecule has 1 rings (SSSR count). The van der Waals surface area contributed by atoms with Crippen molar-refractivity contribution >= 4 is 17.5 Å². The smallest absolute Gasteiger partial charge is 0.240 e. The zero-order chi connectivity index (χ0) is 15.5. The summed E-state index contributed by atoms with van der Waals surface area (Å²) < 4.78 is 5.28. The number of likely N-dealkylation sites (N-methyl/N-ethyl adjacent to an activating group) is 1. The lowest BCUT2D eigenvalue weighted by Gasteiger charge is -2.30. The Labute approximate surface area is 125 Å². The highest BCUT2D eigenvalue weighted by molar-refractivity contribution is 6.30. The summed E-state index contributed by atoms with van der Waals surface area (Å²) in [6.45, 7) is 6.25. The lowest BCUT2D eigenvalue weighted by Crippen LogP contribution is -2.48. The molecule has 1 aromatic carbocycles. The zero-order valence-corrected chi connectivity index (χ0v) is 13.5. The van der Waals surface area contributed by atoms with Gasteiger partial charge >= 0.3 is 0 Å². The zero-order valence-electron chi connectivity index (χ0n) is 12.7. The number of carbonyl (C=O) groups excluding carboxylic acids is 1. The quantitative estimate of drug-likeness (QED) is 0.930. The summed E-state index contributed by atoms with van der Waals surface area (Å²) in [5.41, 5.74) is 6.59. The SMILES string of the molecule is COc1ccc(Cl)cc1CN(C)C(=O)[C@@H](N)C(C)(C)C. The number of nitrogens with two attached hydrogens (primary N) is 1. The second kappa shape index (κ2) is 6.46. The summed E-state index contributed by atoms with van der Waals surface area (Å²) >= 11 is 5.99. The molecule has 0 spiro atoms. The minimum atomic E-state index is -0.544. The lowest BCUT2D eigenvalue weighted by atomic mass is 9.86. The number of carbonyl (C=O) groups is 1. The summed E-state index contributed by atoms with van der Waals surface area (Å²) in [7, 11) is 3.32. The largest absolute Gasteiger partial charge is 0.496 e. The fraction of sp³-hybridized carbons (Fsp3) is 0.533. The molecule has 4 nitrogen and oxygen atoms in total. The standard InChI is InChI=1S/C15H23ClN2O2/c1-15(2,3)13(17)14(19)18(4)9-10-8-11(16)6-7-12(10)20-5/h6-8,13H,9,17H2,1-5H3/t13-/m1/s1. The van der Waals surface area contributed by atoms with Gasteiger partial charge in [-0.1, -0.05) is 32.4 Å². The Morgan fingerprint density at radius 1 is 1.45 bits per heavy atom. The van der Waals surface area contributed by atoms with E-state index < -0.39 is 6.04 Å². The normalized spacial score (nSPS) is 12.9. The molecule has 0 unspecified atom stereocenters. The van der Waals surface area contributed by atoms with Gasteiger partial charge in [-0.05, 0) is 23.6 Å². The molecule has 0 aromatic heterocycles. The highest BCUT2D eigenvalue weighted by Gasteiger charge is 2.29. The number of nitrogens with zero attached hydrogens (tertiary/aromatic N) is 1. The molecule has 0 radical (unpaired) electrons. The maximum atomic E-state index is 12.3. The van der Waals surface area contributed by atoms with Crippen molar-refractivity contribution in [2.75, 3.05) is 14.2 Å². The molecule has 0 aliphatic heterocycles. The van der Waals surface area contributed by atoms with Crippen LogP contribution in [0.2, 0.25) is 5.02 Å². The number of methoxy groups -OCH3 is 1. The highest BCUT2D eigenvalue weighted by Crippen LogP contribution is 2.25. The number of benzene rings is 1. The van der Waals surface area contributed by atoms with Crippen LogP contribution in [0.15, 0.2) is 18.2 Å². The van der Waals surface area contributed by atoms with E-state index in [2.05, 4.69) is 0 Å². The van der Waals surface area contributed by atoms with Crippen LogP contribution in [0.3, 0.4) is 0 Å². The number of ether oxygens (including phenoxy) is 1. The second-order valence-corrected chi connectivity index (χ2v) is 6.43. The summed E-state index contributed by atoms with van der Waals surface area (Å²) in [4.78, 5) is 13.9. The van der Waals surface area contributed by atoms with Crippen molar-refractivity contribution in [1.82, 2.24) is 4.90 Å². The van der Waals surface area contributed by atoms with Gasteiger partial charge in [0.15, 0.2) is 0 Å². The maximum absolute atomic E-state index is 12.3. The van der Waals surface area contributed by atoms with E-state index in [1.807, 2.05) is 20.8 Å². The molecule has 0 bridgehead atoms. The molecule has 5 heteroatoms. The van der Waals surface area contributed by atoms with E-state index in [1.54, 1.807) is 37.3 Å². The van der Waals surface area contributed by atoms with Crippen molar-refractivity contribution in [3.63, 3.8) is 0 Å². The fourth-order valence-corrected chi connectivity index (χ4v) is 2.01. The van der Waals surface area contributed by atoms with Crippen LogP contribution in [0.1, 0.15) is 26.3 Å². The molecule has 0 saturated carbocycles. The number of amides is 1. The first kappa shape index (κ1) is 16.8. The molecular formula is C15H23ClN2O2. The molecule has 1 amide bonds. The van der Waals surface area contributed by atoms with Crippen LogP contribution in [0.25, 0.3) is 0 Å². The Balaban J connectivity index is 2.88. The van der Waals surface area contributed by atoms with Gasteiger partial charge in [0.05, 0.1) is 13.2 Å². The molecule has 0 fully saturated rings. The van der Waals surface area contributed by atoms with Gasteiger partial charge in [0.1, 0.15) is 5.75 Å². The third-order valence-corrected chi connectivity index (χ3v) is 3.46. The second-order valence-electron chi connectivity index (χ2n) is 5.99. The van der Waals surface area contributed by atoms with Crippen LogP contribution < -0.4 is 10.5 Å². The first-order valence-corrected chi connectivity index (χ1v) is 6.87. The van der Waals surface area contributed by atoms with E-state index in [-0.39, 0.29) is 11.3 Å². The van der Waals surface area contributed by atoms with Gasteiger partial charge < -0.3 is 15.4 Å².